The predicted octanol–water partition coefficient (Wildman–Crippen LogP) is -0.504. The lowest BCUT2D eigenvalue weighted by Crippen LogP contribution is -2.42. The standard InChI is InChI=1S/C11H23N3O3/c1-3-7(2)9(14)11(16)17-10(15)8(13)5-4-6-12/h7-9H,3-6,12-14H2,1-2H3/t7-,8+,9-/m1/s1. The first-order chi connectivity index (χ1) is 7.93. The molecule has 0 bridgehead atoms. The molecule has 0 saturated carbocycles. The maximum atomic E-state index is 11.5. The van der Waals surface area contributed by atoms with Crippen molar-refractivity contribution in [2.75, 3.05) is 6.54 Å². The summed E-state index contributed by atoms with van der Waals surface area (Å²) in [7, 11) is 0. The number of ether oxygens (including phenoxy) is 1. The van der Waals surface area contributed by atoms with E-state index < -0.39 is 24.0 Å². The van der Waals surface area contributed by atoms with Crippen LogP contribution in [0.25, 0.3) is 0 Å². The van der Waals surface area contributed by atoms with Crippen molar-refractivity contribution in [2.45, 2.75) is 45.2 Å². The van der Waals surface area contributed by atoms with Crippen LogP contribution in [-0.4, -0.2) is 30.6 Å². The third-order valence-corrected chi connectivity index (χ3v) is 2.75. The highest BCUT2D eigenvalue weighted by Crippen LogP contribution is 2.07. The number of carbonyl (C=O) groups excluding carboxylic acids is 2. The molecule has 0 saturated heterocycles. The van der Waals surface area contributed by atoms with Crippen molar-refractivity contribution in [3.63, 3.8) is 0 Å². The van der Waals surface area contributed by atoms with Gasteiger partial charge in [-0.05, 0) is 25.3 Å². The minimum absolute atomic E-state index is 0.0319. The van der Waals surface area contributed by atoms with Crippen LogP contribution in [0.4, 0.5) is 0 Å². The van der Waals surface area contributed by atoms with E-state index in [1.165, 1.54) is 0 Å². The van der Waals surface area contributed by atoms with Crippen molar-refractivity contribution in [1.82, 2.24) is 0 Å². The van der Waals surface area contributed by atoms with Crippen molar-refractivity contribution < 1.29 is 14.3 Å². The third kappa shape index (κ3) is 5.76. The van der Waals surface area contributed by atoms with E-state index in [0.717, 1.165) is 6.42 Å². The van der Waals surface area contributed by atoms with Gasteiger partial charge in [0.15, 0.2) is 0 Å². The second kappa shape index (κ2) is 8.16. The fourth-order valence-electron chi connectivity index (χ4n) is 1.18. The van der Waals surface area contributed by atoms with Gasteiger partial charge in [0.25, 0.3) is 0 Å². The van der Waals surface area contributed by atoms with Gasteiger partial charge in [-0.25, -0.2) is 9.59 Å². The van der Waals surface area contributed by atoms with E-state index in [1.807, 2.05) is 13.8 Å². The first kappa shape index (κ1) is 16.0. The summed E-state index contributed by atoms with van der Waals surface area (Å²) in [6.45, 7) is 4.18. The number of hydrogen-bond donors (Lipinski definition) is 3. The summed E-state index contributed by atoms with van der Waals surface area (Å²) < 4.78 is 4.63. The van der Waals surface area contributed by atoms with Gasteiger partial charge in [-0.15, -0.1) is 0 Å². The molecule has 17 heavy (non-hydrogen) atoms. The molecule has 0 aromatic rings. The first-order valence-electron chi connectivity index (χ1n) is 5.90. The van der Waals surface area contributed by atoms with Crippen LogP contribution in [0.5, 0.6) is 0 Å². The highest BCUT2D eigenvalue weighted by Gasteiger charge is 2.25. The molecular weight excluding hydrogens is 222 g/mol. The number of rotatable bonds is 7. The van der Waals surface area contributed by atoms with Gasteiger partial charge < -0.3 is 21.9 Å². The lowest BCUT2D eigenvalue weighted by atomic mass is 10.0. The van der Waals surface area contributed by atoms with Crippen LogP contribution >= 0.6 is 0 Å². The topological polar surface area (TPSA) is 121 Å². The molecule has 0 aliphatic heterocycles. The molecule has 0 heterocycles. The summed E-state index contributed by atoms with van der Waals surface area (Å²) in [6, 6.07) is -1.60. The number of esters is 2. The Labute approximate surface area is 102 Å². The lowest BCUT2D eigenvalue weighted by molar-refractivity contribution is -0.162. The third-order valence-electron chi connectivity index (χ3n) is 2.75. The second-order valence-electron chi connectivity index (χ2n) is 4.19. The Hall–Kier alpha value is -0.980. The molecule has 100 valence electrons. The van der Waals surface area contributed by atoms with Gasteiger partial charge in [-0.3, -0.25) is 0 Å². The largest absolute Gasteiger partial charge is 0.391 e. The van der Waals surface area contributed by atoms with Gasteiger partial charge in [0.2, 0.25) is 0 Å². The Morgan fingerprint density at radius 1 is 1.24 bits per heavy atom. The molecule has 6 nitrogen and oxygen atoms in total. The van der Waals surface area contributed by atoms with E-state index in [1.54, 1.807) is 0 Å². The average Bonchev–Trinajstić information content (AvgIpc) is 2.33. The molecule has 6 heteroatoms. The monoisotopic (exact) mass is 245 g/mol. The molecule has 0 aromatic carbocycles. The molecular formula is C11H23N3O3. The van der Waals surface area contributed by atoms with Gasteiger partial charge in [-0.1, -0.05) is 20.3 Å². The Balaban J connectivity index is 4.15. The number of nitrogens with two attached hydrogens (primary N) is 3. The van der Waals surface area contributed by atoms with E-state index in [4.69, 9.17) is 17.2 Å². The van der Waals surface area contributed by atoms with Gasteiger partial charge in [-0.2, -0.15) is 0 Å². The molecule has 0 aromatic heterocycles. The van der Waals surface area contributed by atoms with E-state index in [9.17, 15) is 9.59 Å². The molecule has 0 radical (unpaired) electrons. The summed E-state index contributed by atoms with van der Waals surface area (Å²) in [5, 5.41) is 0. The average molecular weight is 245 g/mol. The molecule has 6 N–H and O–H groups in total. The van der Waals surface area contributed by atoms with Gasteiger partial charge in [0.05, 0.1) is 0 Å². The second-order valence-corrected chi connectivity index (χ2v) is 4.19. The summed E-state index contributed by atoms with van der Waals surface area (Å²) in [4.78, 5) is 22.9. The zero-order chi connectivity index (χ0) is 13.4. The van der Waals surface area contributed by atoms with Crippen LogP contribution in [0.3, 0.4) is 0 Å². The Kier molecular flexibility index (Phi) is 7.69. The molecule has 0 aliphatic rings. The van der Waals surface area contributed by atoms with Crippen molar-refractivity contribution in [1.29, 1.82) is 0 Å². The fraction of sp³-hybridized carbons (Fsp3) is 0.818. The summed E-state index contributed by atoms with van der Waals surface area (Å²) >= 11 is 0. The maximum absolute atomic E-state index is 11.5. The smallest absolute Gasteiger partial charge is 0.330 e. The highest BCUT2D eigenvalue weighted by atomic mass is 16.6. The van der Waals surface area contributed by atoms with E-state index in [2.05, 4.69) is 4.74 Å². The molecule has 0 aliphatic carbocycles. The fourth-order valence-corrected chi connectivity index (χ4v) is 1.18. The van der Waals surface area contributed by atoms with Crippen LogP contribution in [0.2, 0.25) is 0 Å². The van der Waals surface area contributed by atoms with Crippen molar-refractivity contribution in [3.8, 4) is 0 Å². The Bertz CT molecular complexity index is 258. The minimum Gasteiger partial charge on any atom is -0.391 e. The lowest BCUT2D eigenvalue weighted by Gasteiger charge is -2.17. The van der Waals surface area contributed by atoms with Crippen LogP contribution in [0.15, 0.2) is 0 Å². The highest BCUT2D eigenvalue weighted by molar-refractivity contribution is 5.90. The number of hydrogen-bond acceptors (Lipinski definition) is 6. The molecule has 0 fully saturated rings. The quantitative estimate of drug-likeness (QED) is 0.410. The maximum Gasteiger partial charge on any atom is 0.330 e. The van der Waals surface area contributed by atoms with E-state index in [-0.39, 0.29) is 5.92 Å². The first-order valence-corrected chi connectivity index (χ1v) is 5.90. The zero-order valence-electron chi connectivity index (χ0n) is 10.5. The SMILES string of the molecule is CC[C@@H](C)[C@@H](N)C(=O)OC(=O)[C@@H](N)CCCN. The zero-order valence-corrected chi connectivity index (χ0v) is 10.5. The van der Waals surface area contributed by atoms with Gasteiger partial charge >= 0.3 is 11.9 Å². The molecule has 0 amide bonds. The minimum atomic E-state index is -0.813. The molecule has 0 spiro atoms. The number of carbonyl (C=O) groups is 2. The molecule has 0 rings (SSSR count). The normalized spacial score (nSPS) is 16.1. The van der Waals surface area contributed by atoms with E-state index >= 15 is 0 Å². The molecule has 3 atom stereocenters. The van der Waals surface area contributed by atoms with Crippen LogP contribution in [-0.2, 0) is 14.3 Å². The van der Waals surface area contributed by atoms with Gasteiger partial charge in [0, 0.05) is 0 Å². The summed E-state index contributed by atoms with van der Waals surface area (Å²) in [6.07, 6.45) is 1.76. The van der Waals surface area contributed by atoms with Crippen molar-refractivity contribution in [3.05, 3.63) is 0 Å². The Morgan fingerprint density at radius 2 is 1.82 bits per heavy atom. The van der Waals surface area contributed by atoms with E-state index in [0.29, 0.717) is 19.4 Å². The molecule has 0 unspecified atom stereocenters. The summed E-state index contributed by atoms with van der Waals surface area (Å²) in [5.74, 6) is -1.48. The van der Waals surface area contributed by atoms with Gasteiger partial charge in [0.1, 0.15) is 12.1 Å². The van der Waals surface area contributed by atoms with Crippen LogP contribution < -0.4 is 17.2 Å². The van der Waals surface area contributed by atoms with Crippen LogP contribution in [0, 0.1) is 5.92 Å². The van der Waals surface area contributed by atoms with Crippen molar-refractivity contribution >= 4 is 11.9 Å². The Morgan fingerprint density at radius 3 is 2.29 bits per heavy atom. The van der Waals surface area contributed by atoms with Crippen molar-refractivity contribution in [2.24, 2.45) is 23.1 Å². The van der Waals surface area contributed by atoms with Crippen LogP contribution in [0.1, 0.15) is 33.1 Å². The predicted molar refractivity (Wildman–Crippen MR) is 64.8 cm³/mol. The summed E-state index contributed by atoms with van der Waals surface area (Å²) in [5.41, 5.74) is 16.5.